The SMILES string of the molecule is Cn1cc(-n2ncc3cc(O[Si](C)(C)C(=O)CC(C)(C)C)ccc32)ccc1=O. The van der Waals surface area contributed by atoms with Crippen molar-refractivity contribution in [2.45, 2.75) is 40.3 Å². The summed E-state index contributed by atoms with van der Waals surface area (Å²) in [6.07, 6.45) is 4.03. The molecule has 3 rings (SSSR count). The summed E-state index contributed by atoms with van der Waals surface area (Å²) in [4.78, 5) is 24.3. The second-order valence-electron chi connectivity index (χ2n) is 8.89. The molecule has 28 heavy (non-hydrogen) atoms. The number of hydrogen-bond donors (Lipinski definition) is 0. The summed E-state index contributed by atoms with van der Waals surface area (Å²) in [6, 6.07) is 9.00. The van der Waals surface area contributed by atoms with Gasteiger partial charge in [0, 0.05) is 31.1 Å². The van der Waals surface area contributed by atoms with Gasteiger partial charge in [-0.05, 0) is 42.8 Å². The quantitative estimate of drug-likeness (QED) is 0.613. The summed E-state index contributed by atoms with van der Waals surface area (Å²) in [5.74, 6) is 0.687. The molecule has 6 nitrogen and oxygen atoms in total. The fourth-order valence-corrected chi connectivity index (χ4v) is 4.82. The first-order valence-electron chi connectivity index (χ1n) is 9.33. The number of benzene rings is 1. The van der Waals surface area contributed by atoms with Gasteiger partial charge in [0.15, 0.2) is 5.41 Å². The molecule has 0 N–H and O–H groups in total. The van der Waals surface area contributed by atoms with E-state index in [1.54, 1.807) is 30.2 Å². The molecule has 0 saturated carbocycles. The van der Waals surface area contributed by atoms with E-state index in [-0.39, 0.29) is 16.4 Å². The summed E-state index contributed by atoms with van der Waals surface area (Å²) in [5.41, 5.74) is 1.60. The van der Waals surface area contributed by atoms with Gasteiger partial charge in [-0.1, -0.05) is 20.8 Å². The first kappa shape index (κ1) is 20.1. The van der Waals surface area contributed by atoms with Crippen LogP contribution in [-0.4, -0.2) is 28.1 Å². The summed E-state index contributed by atoms with van der Waals surface area (Å²) in [6.45, 7) is 10.1. The van der Waals surface area contributed by atoms with Crippen molar-refractivity contribution in [3.05, 3.63) is 53.1 Å². The number of aromatic nitrogens is 3. The number of aryl methyl sites for hydroxylation is 1. The van der Waals surface area contributed by atoms with Gasteiger partial charge < -0.3 is 13.8 Å². The third-order valence-electron chi connectivity index (χ3n) is 4.59. The number of carbonyl (C=O) groups is 1. The summed E-state index contributed by atoms with van der Waals surface area (Å²) in [7, 11) is -0.807. The molecule has 0 aliphatic rings. The highest BCUT2D eigenvalue weighted by molar-refractivity contribution is 7.00. The van der Waals surface area contributed by atoms with Crippen LogP contribution in [0.15, 0.2) is 47.5 Å². The fourth-order valence-electron chi connectivity index (χ4n) is 3.03. The molecule has 0 radical (unpaired) electrons. The number of pyridine rings is 1. The molecule has 0 aliphatic carbocycles. The molecular weight excluding hydrogens is 370 g/mol. The Kier molecular flexibility index (Phi) is 5.05. The van der Waals surface area contributed by atoms with Crippen molar-refractivity contribution < 1.29 is 9.22 Å². The fraction of sp³-hybridized carbons (Fsp3) is 0.381. The summed E-state index contributed by atoms with van der Waals surface area (Å²) >= 11 is 0. The van der Waals surface area contributed by atoms with E-state index in [0.29, 0.717) is 12.2 Å². The molecule has 0 unspecified atom stereocenters. The van der Waals surface area contributed by atoms with E-state index in [2.05, 4.69) is 25.9 Å². The van der Waals surface area contributed by atoms with E-state index in [1.807, 2.05) is 31.3 Å². The van der Waals surface area contributed by atoms with Crippen LogP contribution in [0.5, 0.6) is 5.75 Å². The Balaban J connectivity index is 1.89. The predicted octanol–water partition coefficient (Wildman–Crippen LogP) is 3.85. The zero-order valence-electron chi connectivity index (χ0n) is 17.3. The number of rotatable bonds is 5. The van der Waals surface area contributed by atoms with Crippen molar-refractivity contribution in [2.75, 3.05) is 0 Å². The molecule has 148 valence electrons. The van der Waals surface area contributed by atoms with Crippen LogP contribution >= 0.6 is 0 Å². The molecule has 0 spiro atoms. The van der Waals surface area contributed by atoms with E-state index in [9.17, 15) is 9.59 Å². The second-order valence-corrected chi connectivity index (χ2v) is 12.7. The molecular formula is C21H27N3O3Si. The number of hydrogen-bond acceptors (Lipinski definition) is 4. The Hall–Kier alpha value is -2.67. The lowest BCUT2D eigenvalue weighted by Crippen LogP contribution is -2.45. The molecule has 0 fully saturated rings. The van der Waals surface area contributed by atoms with Gasteiger partial charge in [-0.3, -0.25) is 4.79 Å². The van der Waals surface area contributed by atoms with Gasteiger partial charge in [0.25, 0.3) is 0 Å². The minimum atomic E-state index is -2.52. The highest BCUT2D eigenvalue weighted by atomic mass is 28.4. The predicted molar refractivity (Wildman–Crippen MR) is 114 cm³/mol. The van der Waals surface area contributed by atoms with Crippen LogP contribution in [0.3, 0.4) is 0 Å². The van der Waals surface area contributed by atoms with E-state index in [4.69, 9.17) is 4.43 Å². The first-order chi connectivity index (χ1) is 13.0. The Morgan fingerprint density at radius 3 is 2.54 bits per heavy atom. The summed E-state index contributed by atoms with van der Waals surface area (Å²) < 4.78 is 9.48. The van der Waals surface area contributed by atoms with E-state index < -0.39 is 8.32 Å². The largest absolute Gasteiger partial charge is 0.537 e. The molecule has 0 aliphatic heterocycles. The molecule has 0 atom stereocenters. The minimum Gasteiger partial charge on any atom is -0.537 e. The van der Waals surface area contributed by atoms with Crippen LogP contribution in [0.1, 0.15) is 27.2 Å². The van der Waals surface area contributed by atoms with Crippen molar-refractivity contribution in [3.8, 4) is 11.4 Å². The normalized spacial score (nSPS) is 12.4. The average molecular weight is 398 g/mol. The molecule has 1 aromatic carbocycles. The van der Waals surface area contributed by atoms with E-state index in [1.165, 1.54) is 10.6 Å². The molecule has 2 aromatic heterocycles. The third kappa shape index (κ3) is 4.25. The maximum atomic E-state index is 12.7. The molecule has 0 saturated heterocycles. The Morgan fingerprint density at radius 2 is 1.89 bits per heavy atom. The molecule has 7 heteroatoms. The molecule has 3 aromatic rings. The average Bonchev–Trinajstić information content (AvgIpc) is 2.98. The number of carbonyl (C=O) groups excluding carboxylic acids is 1. The zero-order valence-corrected chi connectivity index (χ0v) is 18.3. The Labute approximate surface area is 165 Å². The minimum absolute atomic E-state index is 0.0500. The van der Waals surface area contributed by atoms with Gasteiger partial charge in [-0.25, -0.2) is 4.68 Å². The number of nitrogens with zero attached hydrogens (tertiary/aromatic N) is 3. The van der Waals surface area contributed by atoms with Crippen molar-refractivity contribution in [1.82, 2.24) is 14.3 Å². The first-order valence-corrected chi connectivity index (χ1v) is 12.2. The Morgan fingerprint density at radius 1 is 1.18 bits per heavy atom. The zero-order chi connectivity index (χ0) is 20.7. The van der Waals surface area contributed by atoms with Crippen molar-refractivity contribution in [2.24, 2.45) is 12.5 Å². The second kappa shape index (κ2) is 7.05. The van der Waals surface area contributed by atoms with Gasteiger partial charge >= 0.3 is 8.32 Å². The topological polar surface area (TPSA) is 66.1 Å². The highest BCUT2D eigenvalue weighted by Gasteiger charge is 2.36. The van der Waals surface area contributed by atoms with Crippen molar-refractivity contribution in [3.63, 3.8) is 0 Å². The van der Waals surface area contributed by atoms with Crippen LogP contribution in [0.4, 0.5) is 0 Å². The maximum absolute atomic E-state index is 12.7. The van der Waals surface area contributed by atoms with Gasteiger partial charge in [0.1, 0.15) is 5.75 Å². The van der Waals surface area contributed by atoms with E-state index >= 15 is 0 Å². The third-order valence-corrected chi connectivity index (χ3v) is 6.86. The lowest BCUT2D eigenvalue weighted by Gasteiger charge is -2.26. The molecule has 0 amide bonds. The van der Waals surface area contributed by atoms with E-state index in [0.717, 1.165) is 16.6 Å². The van der Waals surface area contributed by atoms with Gasteiger partial charge in [0.2, 0.25) is 5.56 Å². The van der Waals surface area contributed by atoms with Gasteiger partial charge in [0.05, 0.1) is 17.4 Å². The van der Waals surface area contributed by atoms with Crippen LogP contribution < -0.4 is 9.99 Å². The maximum Gasteiger partial charge on any atom is 0.314 e. The smallest absolute Gasteiger partial charge is 0.314 e. The van der Waals surface area contributed by atoms with Crippen molar-refractivity contribution >= 4 is 24.6 Å². The van der Waals surface area contributed by atoms with Crippen LogP contribution in [-0.2, 0) is 11.8 Å². The van der Waals surface area contributed by atoms with Crippen LogP contribution in [0.25, 0.3) is 16.6 Å². The lowest BCUT2D eigenvalue weighted by atomic mass is 9.93. The van der Waals surface area contributed by atoms with Crippen LogP contribution in [0, 0.1) is 5.41 Å². The number of fused-ring (bicyclic) bond motifs is 1. The van der Waals surface area contributed by atoms with Gasteiger partial charge in [-0.2, -0.15) is 5.10 Å². The monoisotopic (exact) mass is 397 g/mol. The highest BCUT2D eigenvalue weighted by Crippen LogP contribution is 2.27. The summed E-state index contributed by atoms with van der Waals surface area (Å²) in [5, 5.41) is 5.57. The standard InChI is InChI=1S/C21H27N3O3Si/c1-21(2,3)12-20(26)28(5,6)27-17-8-9-18-15(11-17)13-22-24(18)16-7-10-19(25)23(4)14-16/h7-11,13-14H,12H2,1-6H3. The lowest BCUT2D eigenvalue weighted by molar-refractivity contribution is -0.115. The van der Waals surface area contributed by atoms with Gasteiger partial charge in [-0.15, -0.1) is 0 Å². The van der Waals surface area contributed by atoms with Crippen LogP contribution in [0.2, 0.25) is 13.1 Å². The Bertz CT molecular complexity index is 1090. The van der Waals surface area contributed by atoms with Crippen molar-refractivity contribution in [1.29, 1.82) is 0 Å². The molecule has 0 bridgehead atoms. The molecule has 2 heterocycles.